The Hall–Kier alpha value is -4.18. The quantitative estimate of drug-likeness (QED) is 0.318. The molecule has 0 aliphatic heterocycles. The first-order valence-corrected chi connectivity index (χ1v) is 10.4. The second-order valence-electron chi connectivity index (χ2n) is 7.69. The molecule has 0 bridgehead atoms. The maximum Gasteiger partial charge on any atom is 0.122 e. The van der Waals surface area contributed by atoms with E-state index in [-0.39, 0.29) is 0 Å². The van der Waals surface area contributed by atoms with Crippen LogP contribution in [0.15, 0.2) is 103 Å². The predicted molar refractivity (Wildman–Crippen MR) is 128 cm³/mol. The number of hydrogen-bond donors (Lipinski definition) is 0. The topological polar surface area (TPSA) is 34.0 Å². The lowest BCUT2D eigenvalue weighted by atomic mass is 10.0. The molecule has 4 heteroatoms. The highest BCUT2D eigenvalue weighted by Gasteiger charge is 2.14. The number of nitrogens with zero attached hydrogens (tertiary/aromatic N) is 4. The molecule has 0 radical (unpaired) electrons. The minimum absolute atomic E-state index is 0.930. The van der Waals surface area contributed by atoms with Crippen molar-refractivity contribution >= 4 is 44.0 Å². The standard InChI is InChI=1S/C27H20N4/c1-30(19-9-3-2-4-10-19)20-15-17-21(18-16-20)31-28-26-24-13-7-5-11-22(24)23-12-6-8-14-25(23)27(26)29-31/h2-18H,1H3. The Kier molecular flexibility index (Phi) is 3.96. The lowest BCUT2D eigenvalue weighted by Gasteiger charge is -2.19. The third-order valence-electron chi connectivity index (χ3n) is 5.88. The Labute approximate surface area is 180 Å². The summed E-state index contributed by atoms with van der Waals surface area (Å²) in [6.45, 7) is 0. The molecule has 0 amide bonds. The molecule has 4 nitrogen and oxygen atoms in total. The fourth-order valence-electron chi connectivity index (χ4n) is 4.24. The highest BCUT2D eigenvalue weighted by Crippen LogP contribution is 2.33. The molecule has 6 aromatic rings. The SMILES string of the molecule is CN(c1ccccc1)c1ccc(-n2nc3c4ccccc4c4ccccc4c3n2)cc1. The highest BCUT2D eigenvalue weighted by molar-refractivity contribution is 6.22. The van der Waals surface area contributed by atoms with Gasteiger partial charge < -0.3 is 4.90 Å². The lowest BCUT2D eigenvalue weighted by Crippen LogP contribution is -2.09. The molecule has 0 atom stereocenters. The van der Waals surface area contributed by atoms with E-state index in [1.54, 1.807) is 4.80 Å². The van der Waals surface area contributed by atoms with E-state index in [0.717, 1.165) is 38.9 Å². The van der Waals surface area contributed by atoms with Gasteiger partial charge in [-0.25, -0.2) is 0 Å². The van der Waals surface area contributed by atoms with Crippen molar-refractivity contribution in [1.29, 1.82) is 0 Å². The predicted octanol–water partition coefficient (Wildman–Crippen LogP) is 6.49. The van der Waals surface area contributed by atoms with Crippen LogP contribution in [0.3, 0.4) is 0 Å². The fourth-order valence-corrected chi connectivity index (χ4v) is 4.24. The van der Waals surface area contributed by atoms with Crippen LogP contribution in [0.25, 0.3) is 38.3 Å². The summed E-state index contributed by atoms with van der Waals surface area (Å²) in [6, 6.07) is 35.5. The van der Waals surface area contributed by atoms with E-state index in [1.165, 1.54) is 10.8 Å². The van der Waals surface area contributed by atoms with E-state index in [2.05, 4.69) is 96.9 Å². The maximum absolute atomic E-state index is 4.89. The largest absolute Gasteiger partial charge is 0.345 e. The monoisotopic (exact) mass is 400 g/mol. The number of anilines is 2. The third-order valence-corrected chi connectivity index (χ3v) is 5.88. The van der Waals surface area contributed by atoms with Crippen molar-refractivity contribution in [3.8, 4) is 5.69 Å². The third kappa shape index (κ3) is 2.84. The van der Waals surface area contributed by atoms with Crippen molar-refractivity contribution in [3.05, 3.63) is 103 Å². The van der Waals surface area contributed by atoms with Crippen molar-refractivity contribution in [2.24, 2.45) is 0 Å². The number of aromatic nitrogens is 3. The Morgan fingerprint density at radius 2 is 0.968 bits per heavy atom. The molecule has 31 heavy (non-hydrogen) atoms. The number of para-hydroxylation sites is 1. The molecule has 0 aliphatic rings. The second kappa shape index (κ2) is 6.96. The summed E-state index contributed by atoms with van der Waals surface area (Å²) in [6.07, 6.45) is 0. The summed E-state index contributed by atoms with van der Waals surface area (Å²) in [5.74, 6) is 0. The normalized spacial score (nSPS) is 11.4. The number of hydrogen-bond acceptors (Lipinski definition) is 3. The summed E-state index contributed by atoms with van der Waals surface area (Å²) in [5.41, 5.74) is 5.06. The van der Waals surface area contributed by atoms with Gasteiger partial charge in [-0.05, 0) is 47.2 Å². The lowest BCUT2D eigenvalue weighted by molar-refractivity contribution is 0.766. The summed E-state index contributed by atoms with van der Waals surface area (Å²) >= 11 is 0. The molecule has 0 aliphatic carbocycles. The molecule has 0 saturated carbocycles. The van der Waals surface area contributed by atoms with Gasteiger partial charge in [0.1, 0.15) is 11.0 Å². The Bertz CT molecular complexity index is 1460. The van der Waals surface area contributed by atoms with Crippen molar-refractivity contribution in [2.75, 3.05) is 11.9 Å². The number of rotatable bonds is 3. The second-order valence-corrected chi connectivity index (χ2v) is 7.69. The van der Waals surface area contributed by atoms with Gasteiger partial charge in [-0.3, -0.25) is 0 Å². The van der Waals surface area contributed by atoms with Crippen LogP contribution in [-0.2, 0) is 0 Å². The summed E-state index contributed by atoms with van der Waals surface area (Å²) in [5, 5.41) is 14.4. The van der Waals surface area contributed by atoms with Gasteiger partial charge in [0.05, 0.1) is 5.69 Å². The van der Waals surface area contributed by atoms with Crippen molar-refractivity contribution in [3.63, 3.8) is 0 Å². The summed E-state index contributed by atoms with van der Waals surface area (Å²) < 4.78 is 0. The zero-order valence-electron chi connectivity index (χ0n) is 17.1. The first-order chi connectivity index (χ1) is 15.3. The molecule has 148 valence electrons. The van der Waals surface area contributed by atoms with Crippen LogP contribution in [-0.4, -0.2) is 22.0 Å². The molecular formula is C27H20N4. The molecular weight excluding hydrogens is 380 g/mol. The molecule has 0 unspecified atom stereocenters. The first kappa shape index (κ1) is 17.7. The molecule has 6 rings (SSSR count). The molecule has 1 heterocycles. The van der Waals surface area contributed by atoms with Gasteiger partial charge in [-0.15, -0.1) is 10.2 Å². The van der Waals surface area contributed by atoms with Gasteiger partial charge >= 0.3 is 0 Å². The average molecular weight is 400 g/mol. The Morgan fingerprint density at radius 1 is 0.516 bits per heavy atom. The van der Waals surface area contributed by atoms with Crippen LogP contribution in [0.4, 0.5) is 11.4 Å². The van der Waals surface area contributed by atoms with Gasteiger partial charge in [-0.2, -0.15) is 4.80 Å². The van der Waals surface area contributed by atoms with Crippen molar-refractivity contribution in [1.82, 2.24) is 15.0 Å². The molecule has 1 aromatic heterocycles. The van der Waals surface area contributed by atoms with Crippen LogP contribution >= 0.6 is 0 Å². The molecule has 0 N–H and O–H groups in total. The number of benzene rings is 5. The van der Waals surface area contributed by atoms with E-state index in [0.29, 0.717) is 0 Å². The molecule has 5 aromatic carbocycles. The van der Waals surface area contributed by atoms with Gasteiger partial charge in [-0.1, -0.05) is 66.7 Å². The van der Waals surface area contributed by atoms with Gasteiger partial charge in [0.2, 0.25) is 0 Å². The van der Waals surface area contributed by atoms with Crippen LogP contribution in [0.5, 0.6) is 0 Å². The Morgan fingerprint density at radius 3 is 1.52 bits per heavy atom. The van der Waals surface area contributed by atoms with E-state index in [1.807, 2.05) is 18.2 Å². The van der Waals surface area contributed by atoms with Crippen LogP contribution in [0.2, 0.25) is 0 Å². The van der Waals surface area contributed by atoms with Crippen LogP contribution in [0.1, 0.15) is 0 Å². The van der Waals surface area contributed by atoms with Crippen LogP contribution < -0.4 is 4.90 Å². The highest BCUT2D eigenvalue weighted by atomic mass is 15.5. The maximum atomic E-state index is 4.89. The van der Waals surface area contributed by atoms with E-state index in [9.17, 15) is 0 Å². The van der Waals surface area contributed by atoms with E-state index in [4.69, 9.17) is 10.2 Å². The Balaban J connectivity index is 1.48. The minimum atomic E-state index is 0.930. The zero-order chi connectivity index (χ0) is 20.8. The van der Waals surface area contributed by atoms with Gasteiger partial charge in [0.25, 0.3) is 0 Å². The summed E-state index contributed by atoms with van der Waals surface area (Å²) in [4.78, 5) is 3.91. The van der Waals surface area contributed by atoms with E-state index < -0.39 is 0 Å². The fraction of sp³-hybridized carbons (Fsp3) is 0.0370. The number of fused-ring (bicyclic) bond motifs is 6. The zero-order valence-corrected chi connectivity index (χ0v) is 17.1. The van der Waals surface area contributed by atoms with E-state index >= 15 is 0 Å². The van der Waals surface area contributed by atoms with Gasteiger partial charge in [0, 0.05) is 29.2 Å². The van der Waals surface area contributed by atoms with Crippen molar-refractivity contribution < 1.29 is 0 Å². The molecule has 0 spiro atoms. The molecule has 0 fully saturated rings. The van der Waals surface area contributed by atoms with Gasteiger partial charge in [0.15, 0.2) is 0 Å². The van der Waals surface area contributed by atoms with Crippen molar-refractivity contribution in [2.45, 2.75) is 0 Å². The molecule has 0 saturated heterocycles. The summed E-state index contributed by atoms with van der Waals surface area (Å²) in [7, 11) is 2.07. The first-order valence-electron chi connectivity index (χ1n) is 10.4. The minimum Gasteiger partial charge on any atom is -0.345 e. The smallest absolute Gasteiger partial charge is 0.122 e. The van der Waals surface area contributed by atoms with Crippen LogP contribution in [0, 0.1) is 0 Å². The average Bonchev–Trinajstić information content (AvgIpc) is 3.30.